The summed E-state index contributed by atoms with van der Waals surface area (Å²) in [6, 6.07) is 23.0. The first-order valence-corrected chi connectivity index (χ1v) is 43.9. The number of fused-ring (bicyclic) bond motifs is 2. The number of halogens is 2. The number of phenols is 1. The molecule has 0 spiro atoms. The fourth-order valence-electron chi connectivity index (χ4n) is 16.6. The van der Waals surface area contributed by atoms with Crippen LogP contribution in [0.25, 0.3) is 10.8 Å². The number of esters is 7. The normalized spacial score (nSPS) is 23.6. The van der Waals surface area contributed by atoms with E-state index in [4.69, 9.17) is 33.5 Å². The number of carbonyl (C=O) groups excluding carboxylic acids is 7. The highest BCUT2D eigenvalue weighted by molar-refractivity contribution is 7.97. The maximum Gasteiger partial charge on any atom is 0.428 e. The fraction of sp³-hybridized carbons (Fsp3) is 0.753. The van der Waals surface area contributed by atoms with Crippen LogP contribution in [0, 0.1) is 68.0 Å². The van der Waals surface area contributed by atoms with Crippen LogP contribution >= 0.6 is 0 Å². The summed E-state index contributed by atoms with van der Waals surface area (Å²) >= 11 is 0. The highest BCUT2D eigenvalue weighted by Crippen LogP contribution is 2.63. The molecule has 2 saturated heterocycles. The molecule has 13 rings (SSSR count). The number of aliphatic hydroxyl groups is 1. The standard InChI is InChI=1S/C21H27OS.C17H21NO6.C16H26O3.C13H24O2.C10H16F2O7S.C10H14O.10CH4/c1-2-8-17(9-3-1)16-22-20-12-13-21(23-14-6-7-15-23)19-11-5-4-10-18(19)20;1-4-16(2,3)14(20)22-7-11(19)23-12-9-5-10-13(12)24-15(21)17(10,6-9)8-18;1-4-14(2,3)13(17)19-16-8-11-5-12(9-16)7-15(18,6-11)10-16;1-5-12(3,4)11(14)15-13(6-2)9-7-8-10-13;1-4-9(2,3)7(13)18-5-6-19-8(14)10(11,12)20(15,16)17;1-3-8(2)9-4-6-10(11)7-5-9;;;;;;;;;;/h4-5,10-13,17H,1-3,6-9,14-16H2;9-10,12-13H,4-7H2,1-3H3;11-12,18H,4-10H2,1-3H3;5-10H2,1-4H3;4-6H2,1-3H3,(H,15,16,17);4-8,11H,3H2,1-2H3;10*1H4/q+1;;;;;;;;;;;;;;;/p-1. The molecule has 10 fully saturated rings. The van der Waals surface area contributed by atoms with Crippen molar-refractivity contribution in [1.82, 2.24) is 0 Å². The SMILES string of the molecule is C.C.C.C.C.C.C.C.C.C.CCC(C)(C)C(=O)OC12CC3CC(CC(O)(C3)C1)C2.CCC(C)(C)C(=O)OCC(=O)OC1C2CC3C1OC(=O)C3(C#N)C2.CCC(C)(C)C(=O)OCCOC(=O)C(F)(F)S(=O)(=O)[O-].CCC(C)c1ccc(O)cc1.CCC1(OC(=O)C(C)(C)CC)CCCC1.c1ccc2c([S+]3CCCC3)ccc(OCC3CCCCC3)c2c1. The quantitative estimate of drug-likeness (QED) is 0.0262. The third-order valence-corrected chi connectivity index (χ3v) is 28.8. The highest BCUT2D eigenvalue weighted by Gasteiger charge is 2.72. The van der Waals surface area contributed by atoms with E-state index in [2.05, 4.69) is 72.7 Å². The van der Waals surface area contributed by atoms with Gasteiger partial charge in [-0.25, -0.2) is 18.0 Å². The van der Waals surface area contributed by atoms with E-state index >= 15 is 0 Å². The molecule has 0 amide bonds. The number of carbonyl (C=O) groups is 7. The lowest BCUT2D eigenvalue weighted by Crippen LogP contribution is -2.61. The van der Waals surface area contributed by atoms with Crippen LogP contribution in [0.4, 0.5) is 8.78 Å². The summed E-state index contributed by atoms with van der Waals surface area (Å²) in [5.74, 6) is 1.57. The zero-order chi connectivity index (χ0) is 83.1. The topological polar surface area (TPSA) is 315 Å². The average molecular weight is 1770 g/mol. The van der Waals surface area contributed by atoms with Gasteiger partial charge >= 0.3 is 47.0 Å². The molecule has 2 heterocycles. The molecule has 2 aliphatic heterocycles. The van der Waals surface area contributed by atoms with Crippen LogP contribution in [0.1, 0.15) is 350 Å². The van der Waals surface area contributed by atoms with Crippen LogP contribution in [-0.4, -0.2) is 137 Å². The number of nitriles is 1. The Kier molecular flexibility index (Phi) is 51.1. The summed E-state index contributed by atoms with van der Waals surface area (Å²) in [6.07, 6.45) is 24.5. The fourth-order valence-corrected chi connectivity index (χ4v) is 19.3. The Morgan fingerprint density at radius 1 is 0.623 bits per heavy atom. The van der Waals surface area contributed by atoms with Gasteiger partial charge in [-0.05, 0) is 250 Å². The molecule has 6 bridgehead atoms. The maximum atomic E-state index is 12.7. The highest BCUT2D eigenvalue weighted by atomic mass is 32.2. The molecule has 3 aromatic rings. The van der Waals surface area contributed by atoms with Crippen LogP contribution < -0.4 is 4.74 Å². The molecule has 10 aliphatic rings. The maximum absolute atomic E-state index is 12.7. The Balaban J connectivity index is -0.000000683. The molecular weight excluding hydrogens is 1600 g/mol. The molecule has 3 aromatic carbocycles. The van der Waals surface area contributed by atoms with E-state index in [1.165, 1.54) is 92.0 Å². The summed E-state index contributed by atoms with van der Waals surface area (Å²) in [7, 11) is -5.69. The second kappa shape index (κ2) is 51.3. The van der Waals surface area contributed by atoms with E-state index in [0.29, 0.717) is 66.5 Å². The van der Waals surface area contributed by atoms with Crippen molar-refractivity contribution >= 4 is 73.6 Å². The first-order chi connectivity index (χ1) is 52.5. The largest absolute Gasteiger partial charge is 0.743 e. The van der Waals surface area contributed by atoms with Crippen molar-refractivity contribution in [1.29, 1.82) is 5.26 Å². The smallest absolute Gasteiger partial charge is 0.428 e. The van der Waals surface area contributed by atoms with Gasteiger partial charge in [0.2, 0.25) is 0 Å². The summed E-state index contributed by atoms with van der Waals surface area (Å²) in [5, 5.41) is 26.6. The molecule has 8 atom stereocenters. The molecule has 0 radical (unpaired) electrons. The van der Waals surface area contributed by atoms with E-state index in [9.17, 15) is 65.7 Å². The van der Waals surface area contributed by atoms with Crippen LogP contribution in [0.3, 0.4) is 0 Å². The molecule has 706 valence electrons. The lowest BCUT2D eigenvalue weighted by atomic mass is 9.52. The van der Waals surface area contributed by atoms with E-state index in [1.54, 1.807) is 51.6 Å². The zero-order valence-electron chi connectivity index (χ0n) is 69.1. The lowest BCUT2D eigenvalue weighted by molar-refractivity contribution is -0.225. The van der Waals surface area contributed by atoms with Crippen molar-refractivity contribution in [3.8, 4) is 17.6 Å². The van der Waals surface area contributed by atoms with E-state index in [0.717, 1.165) is 82.5 Å². The zero-order valence-corrected chi connectivity index (χ0v) is 70.7. The lowest BCUT2D eigenvalue weighted by Gasteiger charge is -2.59. The van der Waals surface area contributed by atoms with Crippen molar-refractivity contribution in [3.05, 3.63) is 66.2 Å². The Morgan fingerprint density at radius 2 is 1.11 bits per heavy atom. The van der Waals surface area contributed by atoms with E-state index in [1.807, 2.05) is 60.6 Å². The number of alkyl halides is 2. The van der Waals surface area contributed by atoms with Gasteiger partial charge in [0.15, 0.2) is 27.0 Å². The van der Waals surface area contributed by atoms with Gasteiger partial charge in [0, 0.05) is 39.9 Å². The number of rotatable bonds is 25. The van der Waals surface area contributed by atoms with E-state index < -0.39 is 105 Å². The number of hydrogen-bond acceptors (Lipinski definition) is 21. The molecule has 0 aromatic heterocycles. The van der Waals surface area contributed by atoms with Gasteiger partial charge in [0.25, 0.3) is 0 Å². The molecule has 8 aliphatic carbocycles. The van der Waals surface area contributed by atoms with E-state index in [-0.39, 0.29) is 115 Å². The number of nitrogens with zero attached hydrogens (tertiary/aromatic N) is 1. The third-order valence-electron chi connectivity index (χ3n) is 25.4. The van der Waals surface area contributed by atoms with Crippen LogP contribution in [0.5, 0.6) is 11.5 Å². The number of phenolic OH excluding ortho intramolecular Hbond substituents is 1. The van der Waals surface area contributed by atoms with Gasteiger partial charge in [-0.2, -0.15) is 14.0 Å². The molecular formula is C97H167F2NO20S2. The Bertz CT molecular complexity index is 3840. The summed E-state index contributed by atoms with van der Waals surface area (Å²) < 4.78 is 98.0. The molecule has 2 N–H and O–H groups in total. The number of ether oxygens (including phenoxy) is 8. The molecule has 21 nitrogen and oxygen atoms in total. The monoisotopic (exact) mass is 1770 g/mol. The van der Waals surface area contributed by atoms with Crippen molar-refractivity contribution < 1.29 is 103 Å². The van der Waals surface area contributed by atoms with Gasteiger partial charge in [-0.1, -0.05) is 172 Å². The Morgan fingerprint density at radius 3 is 1.58 bits per heavy atom. The predicted octanol–water partition coefficient (Wildman–Crippen LogP) is 23.6. The second-order valence-electron chi connectivity index (χ2n) is 35.3. The minimum Gasteiger partial charge on any atom is -0.743 e. The third kappa shape index (κ3) is 30.6. The summed E-state index contributed by atoms with van der Waals surface area (Å²) in [6.45, 7) is 27.8. The molecule has 25 heteroatoms. The van der Waals surface area contributed by atoms with Crippen LogP contribution in [0.15, 0.2) is 65.6 Å². The van der Waals surface area contributed by atoms with Gasteiger partial charge in [0.05, 0.1) is 39.9 Å². The second-order valence-corrected chi connectivity index (χ2v) is 39.0. The molecule has 8 saturated carbocycles. The first kappa shape index (κ1) is 122. The number of aromatic hydroxyl groups is 1. The van der Waals surface area contributed by atoms with Crippen molar-refractivity contribution in [2.45, 2.75) is 384 Å². The first-order valence-electron chi connectivity index (χ1n) is 40.9. The predicted molar refractivity (Wildman–Crippen MR) is 489 cm³/mol. The Labute approximate surface area is 740 Å². The van der Waals surface area contributed by atoms with Gasteiger partial charge in [-0.15, -0.1) is 0 Å². The van der Waals surface area contributed by atoms with Crippen LogP contribution in [-0.2, 0) is 87.7 Å². The summed E-state index contributed by atoms with van der Waals surface area (Å²) in [4.78, 5) is 84.0. The van der Waals surface area contributed by atoms with Crippen molar-refractivity contribution in [2.75, 3.05) is 37.9 Å². The number of benzene rings is 3. The average Bonchev–Trinajstić information content (AvgIpc) is 1.49. The Hall–Kier alpha value is -6.62. The van der Waals surface area contributed by atoms with Gasteiger partial charge in [-0.3, -0.25) is 24.0 Å². The minimum absolute atomic E-state index is 0. The minimum atomic E-state index is -6.15. The number of hydrogen-bond donors (Lipinski definition) is 2. The van der Waals surface area contributed by atoms with Crippen molar-refractivity contribution in [3.63, 3.8) is 0 Å². The summed E-state index contributed by atoms with van der Waals surface area (Å²) in [5.41, 5.74) is -2.99. The molecule has 122 heavy (non-hydrogen) atoms. The molecule has 8 unspecified atom stereocenters. The van der Waals surface area contributed by atoms with Gasteiger partial charge < -0.3 is 52.7 Å². The van der Waals surface area contributed by atoms with Gasteiger partial charge in [0.1, 0.15) is 59.6 Å². The van der Waals surface area contributed by atoms with Crippen LogP contribution in [0.2, 0.25) is 0 Å². The van der Waals surface area contributed by atoms with Crippen molar-refractivity contribution in [2.24, 2.45) is 56.7 Å².